The van der Waals surface area contributed by atoms with E-state index in [9.17, 15) is 4.39 Å². The lowest BCUT2D eigenvalue weighted by atomic mass is 10.0. The van der Waals surface area contributed by atoms with E-state index in [0.717, 1.165) is 17.7 Å². The molecule has 82 valence electrons. The molecule has 1 aliphatic heterocycles. The molecule has 1 aromatic rings. The molecule has 2 rings (SSSR count). The first-order valence-electron chi connectivity index (χ1n) is 5.32. The molecule has 0 saturated carbocycles. The predicted octanol–water partition coefficient (Wildman–Crippen LogP) is 1.79. The van der Waals surface area contributed by atoms with Crippen LogP contribution in [0.4, 0.5) is 10.1 Å². The molecule has 1 heterocycles. The zero-order chi connectivity index (χ0) is 11.0. The highest BCUT2D eigenvalue weighted by Crippen LogP contribution is 2.32. The lowest BCUT2D eigenvalue weighted by molar-refractivity contribution is 0.487. The summed E-state index contributed by atoms with van der Waals surface area (Å²) in [5.74, 6) is -0.139. The third-order valence-corrected chi connectivity index (χ3v) is 3.38. The second kappa shape index (κ2) is 3.81. The molecule has 0 saturated heterocycles. The first kappa shape index (κ1) is 10.4. The van der Waals surface area contributed by atoms with E-state index in [1.54, 1.807) is 6.07 Å². The SMILES string of the molecule is CNC(C)C1Cc2cc(F)ccc2N1C. The van der Waals surface area contributed by atoms with Gasteiger partial charge in [0.1, 0.15) is 5.82 Å². The van der Waals surface area contributed by atoms with E-state index >= 15 is 0 Å². The number of hydrogen-bond donors (Lipinski definition) is 1. The fraction of sp³-hybridized carbons (Fsp3) is 0.500. The Labute approximate surface area is 90.1 Å². The number of nitrogens with zero attached hydrogens (tertiary/aromatic N) is 1. The maximum Gasteiger partial charge on any atom is 0.123 e. The van der Waals surface area contributed by atoms with Crippen LogP contribution in [-0.2, 0) is 6.42 Å². The minimum absolute atomic E-state index is 0.139. The van der Waals surface area contributed by atoms with Crippen LogP contribution in [0, 0.1) is 5.82 Å². The summed E-state index contributed by atoms with van der Waals surface area (Å²) in [6.07, 6.45) is 0.922. The summed E-state index contributed by atoms with van der Waals surface area (Å²) in [6, 6.07) is 5.88. The van der Waals surface area contributed by atoms with Crippen LogP contribution in [0.5, 0.6) is 0 Å². The van der Waals surface area contributed by atoms with E-state index in [0.29, 0.717) is 12.1 Å². The van der Waals surface area contributed by atoms with Gasteiger partial charge in [-0.1, -0.05) is 0 Å². The number of nitrogens with one attached hydrogen (secondary N) is 1. The van der Waals surface area contributed by atoms with E-state index in [4.69, 9.17) is 0 Å². The number of fused-ring (bicyclic) bond motifs is 1. The topological polar surface area (TPSA) is 15.3 Å². The smallest absolute Gasteiger partial charge is 0.123 e. The summed E-state index contributed by atoms with van der Waals surface area (Å²) >= 11 is 0. The predicted molar refractivity (Wildman–Crippen MR) is 60.8 cm³/mol. The molecule has 0 fully saturated rings. The van der Waals surface area contributed by atoms with Gasteiger partial charge in [-0.25, -0.2) is 4.39 Å². The molecule has 0 spiro atoms. The molecule has 1 N–H and O–H groups in total. The van der Waals surface area contributed by atoms with E-state index in [-0.39, 0.29) is 5.82 Å². The first-order chi connectivity index (χ1) is 7.13. The number of halogens is 1. The van der Waals surface area contributed by atoms with Crippen molar-refractivity contribution >= 4 is 5.69 Å². The molecule has 0 radical (unpaired) electrons. The van der Waals surface area contributed by atoms with Crippen LogP contribution in [0.1, 0.15) is 12.5 Å². The van der Waals surface area contributed by atoms with Crippen LogP contribution in [0.25, 0.3) is 0 Å². The Morgan fingerprint density at radius 2 is 2.27 bits per heavy atom. The molecule has 0 aromatic heterocycles. The van der Waals surface area contributed by atoms with Gasteiger partial charge in [-0.3, -0.25) is 0 Å². The van der Waals surface area contributed by atoms with Crippen molar-refractivity contribution in [1.29, 1.82) is 0 Å². The highest BCUT2D eigenvalue weighted by atomic mass is 19.1. The van der Waals surface area contributed by atoms with Crippen molar-refractivity contribution in [2.24, 2.45) is 0 Å². The number of likely N-dealkylation sites (N-methyl/N-ethyl adjacent to an activating group) is 2. The minimum Gasteiger partial charge on any atom is -0.369 e. The normalized spacial score (nSPS) is 21.6. The second-order valence-electron chi connectivity index (χ2n) is 4.23. The van der Waals surface area contributed by atoms with Crippen LogP contribution in [0.2, 0.25) is 0 Å². The zero-order valence-corrected chi connectivity index (χ0v) is 9.42. The fourth-order valence-electron chi connectivity index (χ4n) is 2.31. The zero-order valence-electron chi connectivity index (χ0n) is 9.42. The van der Waals surface area contributed by atoms with Gasteiger partial charge in [0.15, 0.2) is 0 Å². The summed E-state index contributed by atoms with van der Waals surface area (Å²) in [5.41, 5.74) is 2.27. The molecule has 2 unspecified atom stereocenters. The summed E-state index contributed by atoms with van der Waals surface area (Å²) < 4.78 is 13.1. The highest BCUT2D eigenvalue weighted by molar-refractivity contribution is 5.59. The van der Waals surface area contributed by atoms with Gasteiger partial charge in [-0.2, -0.15) is 0 Å². The van der Waals surface area contributed by atoms with Crippen molar-refractivity contribution in [1.82, 2.24) is 5.32 Å². The molecule has 1 aromatic carbocycles. The van der Waals surface area contributed by atoms with Crippen LogP contribution < -0.4 is 10.2 Å². The van der Waals surface area contributed by atoms with E-state index in [1.807, 2.05) is 13.1 Å². The van der Waals surface area contributed by atoms with Gasteiger partial charge in [0.05, 0.1) is 0 Å². The van der Waals surface area contributed by atoms with Crippen molar-refractivity contribution in [3.05, 3.63) is 29.6 Å². The van der Waals surface area contributed by atoms with Crippen LogP contribution in [0.15, 0.2) is 18.2 Å². The van der Waals surface area contributed by atoms with Crippen LogP contribution in [0.3, 0.4) is 0 Å². The van der Waals surface area contributed by atoms with Gasteiger partial charge in [-0.05, 0) is 44.2 Å². The van der Waals surface area contributed by atoms with Gasteiger partial charge in [0.2, 0.25) is 0 Å². The Bertz CT molecular complexity index is 365. The van der Waals surface area contributed by atoms with Crippen molar-refractivity contribution in [2.45, 2.75) is 25.4 Å². The van der Waals surface area contributed by atoms with Crippen molar-refractivity contribution in [2.75, 3.05) is 19.0 Å². The monoisotopic (exact) mass is 208 g/mol. The molecular formula is C12H17FN2. The number of anilines is 1. The largest absolute Gasteiger partial charge is 0.369 e. The number of hydrogen-bond acceptors (Lipinski definition) is 2. The molecule has 2 atom stereocenters. The molecule has 15 heavy (non-hydrogen) atoms. The van der Waals surface area contributed by atoms with E-state index in [1.165, 1.54) is 6.07 Å². The van der Waals surface area contributed by atoms with E-state index in [2.05, 4.69) is 24.2 Å². The molecule has 3 heteroatoms. The maximum absolute atomic E-state index is 13.1. The average Bonchev–Trinajstić information content (AvgIpc) is 2.54. The number of benzene rings is 1. The van der Waals surface area contributed by atoms with Gasteiger partial charge >= 0.3 is 0 Å². The fourth-order valence-corrected chi connectivity index (χ4v) is 2.31. The average molecular weight is 208 g/mol. The van der Waals surface area contributed by atoms with Gasteiger partial charge < -0.3 is 10.2 Å². The Morgan fingerprint density at radius 3 is 2.93 bits per heavy atom. The maximum atomic E-state index is 13.1. The Hall–Kier alpha value is -1.09. The second-order valence-corrected chi connectivity index (χ2v) is 4.23. The molecule has 2 nitrogen and oxygen atoms in total. The van der Waals surface area contributed by atoms with Crippen LogP contribution in [-0.4, -0.2) is 26.2 Å². The molecule has 0 bridgehead atoms. The Balaban J connectivity index is 2.28. The lowest BCUT2D eigenvalue weighted by Gasteiger charge is -2.27. The summed E-state index contributed by atoms with van der Waals surface area (Å²) in [7, 11) is 4.03. The standard InChI is InChI=1S/C12H17FN2/c1-8(14-2)12-7-9-6-10(13)4-5-11(9)15(12)3/h4-6,8,12,14H,7H2,1-3H3. The molecule has 1 aliphatic rings. The summed E-state index contributed by atoms with van der Waals surface area (Å²) in [4.78, 5) is 2.23. The minimum atomic E-state index is -0.139. The van der Waals surface area contributed by atoms with Crippen LogP contribution >= 0.6 is 0 Å². The summed E-state index contributed by atoms with van der Waals surface area (Å²) in [5, 5.41) is 3.25. The quantitative estimate of drug-likeness (QED) is 0.797. The van der Waals surface area contributed by atoms with Gasteiger partial charge in [0.25, 0.3) is 0 Å². The molecule has 0 amide bonds. The Kier molecular flexibility index (Phi) is 2.65. The van der Waals surface area contributed by atoms with Crippen molar-refractivity contribution < 1.29 is 4.39 Å². The third kappa shape index (κ3) is 1.72. The Morgan fingerprint density at radius 1 is 1.53 bits per heavy atom. The summed E-state index contributed by atoms with van der Waals surface area (Å²) in [6.45, 7) is 2.16. The lowest BCUT2D eigenvalue weighted by Crippen LogP contribution is -2.44. The molecule has 0 aliphatic carbocycles. The van der Waals surface area contributed by atoms with Crippen molar-refractivity contribution in [3.63, 3.8) is 0 Å². The number of rotatable bonds is 2. The third-order valence-electron chi connectivity index (χ3n) is 3.38. The van der Waals surface area contributed by atoms with Crippen molar-refractivity contribution in [3.8, 4) is 0 Å². The van der Waals surface area contributed by atoms with Gasteiger partial charge in [0, 0.05) is 24.8 Å². The molecular weight excluding hydrogens is 191 g/mol. The van der Waals surface area contributed by atoms with E-state index < -0.39 is 0 Å². The highest BCUT2D eigenvalue weighted by Gasteiger charge is 2.29. The van der Waals surface area contributed by atoms with Gasteiger partial charge in [-0.15, -0.1) is 0 Å². The first-order valence-corrected chi connectivity index (χ1v) is 5.32.